The minimum Gasteiger partial charge on any atom is -0.494 e. The van der Waals surface area contributed by atoms with Crippen LogP contribution in [0.2, 0.25) is 0 Å². The summed E-state index contributed by atoms with van der Waals surface area (Å²) < 4.78 is 11.6. The van der Waals surface area contributed by atoms with Gasteiger partial charge in [0.1, 0.15) is 5.75 Å². The first-order chi connectivity index (χ1) is 15.2. The number of hydrogen-bond acceptors (Lipinski definition) is 3. The summed E-state index contributed by atoms with van der Waals surface area (Å²) in [6.07, 6.45) is 4.65. The van der Waals surface area contributed by atoms with Crippen LogP contribution in [0.5, 0.6) is 5.75 Å². The molecule has 0 aliphatic rings. The predicted octanol–water partition coefficient (Wildman–Crippen LogP) is 7.93. The minimum atomic E-state index is -2.44. The maximum absolute atomic E-state index is 11.8. The quantitative estimate of drug-likeness (QED) is 0.309. The largest absolute Gasteiger partial charge is 0.517 e. The molecule has 0 bridgehead atoms. The van der Waals surface area contributed by atoms with Gasteiger partial charge in [-0.3, -0.25) is 0 Å². The molecule has 0 heterocycles. The molecule has 164 valence electrons. The average Bonchev–Trinajstić information content (AvgIpc) is 2.81. The van der Waals surface area contributed by atoms with Crippen LogP contribution >= 0.6 is 10.3 Å². The van der Waals surface area contributed by atoms with E-state index in [0.29, 0.717) is 6.61 Å². The number of benzene rings is 3. The summed E-state index contributed by atoms with van der Waals surface area (Å²) in [5.41, 5.74) is 0. The summed E-state index contributed by atoms with van der Waals surface area (Å²) in [6.45, 7) is 2.89. The van der Waals surface area contributed by atoms with Gasteiger partial charge < -0.3 is 14.0 Å². The Hall–Kier alpha value is -2.92. The van der Waals surface area contributed by atoms with Crippen molar-refractivity contribution in [2.75, 3.05) is 6.61 Å². The smallest absolute Gasteiger partial charge is 0.494 e. The van der Waals surface area contributed by atoms with Crippen LogP contribution in [0.25, 0.3) is 0 Å². The summed E-state index contributed by atoms with van der Waals surface area (Å²) in [5.74, 6) is 0.781. The molecular formula is C26H30O4S. The first kappa shape index (κ1) is 22.8. The van der Waals surface area contributed by atoms with E-state index < -0.39 is 16.5 Å². The molecule has 0 saturated carbocycles. The molecule has 1 N–H and O–H groups in total. The summed E-state index contributed by atoms with van der Waals surface area (Å²) in [6, 6.07) is 26.8. The third-order valence-electron chi connectivity index (χ3n) is 5.02. The highest BCUT2D eigenvalue weighted by molar-refractivity contribution is 8.30. The van der Waals surface area contributed by atoms with E-state index in [9.17, 15) is 9.90 Å². The van der Waals surface area contributed by atoms with Crippen LogP contribution in [-0.2, 0) is 4.18 Å². The third kappa shape index (κ3) is 5.82. The molecule has 4 nitrogen and oxygen atoms in total. The Labute approximate surface area is 186 Å². The first-order valence-electron chi connectivity index (χ1n) is 10.8. The predicted molar refractivity (Wildman–Crippen MR) is 125 cm³/mol. The van der Waals surface area contributed by atoms with Crippen LogP contribution in [-0.4, -0.2) is 17.9 Å². The molecule has 0 aliphatic heterocycles. The summed E-state index contributed by atoms with van der Waals surface area (Å²) >= 11 is 0. The number of hydrogen-bond donors (Lipinski definition) is 1. The van der Waals surface area contributed by atoms with E-state index in [4.69, 9.17) is 8.92 Å². The second kappa shape index (κ2) is 11.5. The number of unbranched alkanes of at least 4 members (excludes halogenated alkanes) is 4. The van der Waals surface area contributed by atoms with E-state index in [-0.39, 0.29) is 0 Å². The molecule has 3 aromatic rings. The van der Waals surface area contributed by atoms with Crippen LogP contribution in [0, 0.1) is 0 Å². The van der Waals surface area contributed by atoms with E-state index in [1.165, 1.54) is 25.7 Å². The highest BCUT2D eigenvalue weighted by Gasteiger charge is 2.35. The third-order valence-corrected chi connectivity index (χ3v) is 8.22. The molecular weight excluding hydrogens is 408 g/mol. The topological polar surface area (TPSA) is 55.8 Å². The number of carbonyl (C=O) groups is 1. The van der Waals surface area contributed by atoms with E-state index in [1.807, 2.05) is 84.9 Å². The van der Waals surface area contributed by atoms with Gasteiger partial charge in [0.05, 0.1) is 6.61 Å². The lowest BCUT2D eigenvalue weighted by Crippen LogP contribution is -2.12. The molecule has 0 atom stereocenters. The van der Waals surface area contributed by atoms with Gasteiger partial charge in [-0.15, -0.1) is 0 Å². The second-order valence-electron chi connectivity index (χ2n) is 7.27. The lowest BCUT2D eigenvalue weighted by molar-refractivity contribution is 0.150. The fourth-order valence-corrected chi connectivity index (χ4v) is 6.43. The van der Waals surface area contributed by atoms with E-state index in [0.717, 1.165) is 26.9 Å². The monoisotopic (exact) mass is 438 g/mol. The fraction of sp³-hybridized carbons (Fsp3) is 0.269. The molecule has 0 aromatic heterocycles. The summed E-state index contributed by atoms with van der Waals surface area (Å²) in [5, 5.41) is 9.67. The first-order valence-corrected chi connectivity index (χ1v) is 12.3. The average molecular weight is 439 g/mol. The van der Waals surface area contributed by atoms with Gasteiger partial charge in [0.2, 0.25) is 0 Å². The lowest BCUT2D eigenvalue weighted by Gasteiger charge is -2.38. The summed E-state index contributed by atoms with van der Waals surface area (Å²) in [4.78, 5) is 14.3. The molecule has 0 unspecified atom stereocenters. The Bertz CT molecular complexity index is 887. The molecule has 0 radical (unpaired) electrons. The molecule has 0 spiro atoms. The van der Waals surface area contributed by atoms with Crippen LogP contribution in [0.4, 0.5) is 4.79 Å². The highest BCUT2D eigenvalue weighted by atomic mass is 32.3. The zero-order valence-corrected chi connectivity index (χ0v) is 18.7. The van der Waals surface area contributed by atoms with E-state index >= 15 is 0 Å². The molecule has 0 saturated heterocycles. The summed E-state index contributed by atoms with van der Waals surface area (Å²) in [7, 11) is -2.44. The maximum atomic E-state index is 11.8. The van der Waals surface area contributed by atoms with Crippen molar-refractivity contribution in [3.05, 3.63) is 84.9 Å². The maximum Gasteiger partial charge on any atom is 0.517 e. The normalized spacial score (nSPS) is 11.6. The second-order valence-corrected chi connectivity index (χ2v) is 9.96. The van der Waals surface area contributed by atoms with Crippen molar-refractivity contribution in [2.45, 2.75) is 53.7 Å². The lowest BCUT2D eigenvalue weighted by atomic mass is 10.2. The van der Waals surface area contributed by atoms with E-state index in [1.54, 1.807) is 0 Å². The zero-order chi connectivity index (χ0) is 21.9. The molecule has 5 heteroatoms. The molecule has 0 fully saturated rings. The van der Waals surface area contributed by atoms with Gasteiger partial charge in [0, 0.05) is 14.7 Å². The zero-order valence-electron chi connectivity index (χ0n) is 17.9. The van der Waals surface area contributed by atoms with Crippen molar-refractivity contribution in [1.82, 2.24) is 0 Å². The van der Waals surface area contributed by atoms with Gasteiger partial charge in [-0.2, -0.15) is 0 Å². The molecule has 3 aromatic carbocycles. The molecule has 0 amide bonds. The van der Waals surface area contributed by atoms with Crippen molar-refractivity contribution in [3.63, 3.8) is 0 Å². The van der Waals surface area contributed by atoms with Gasteiger partial charge in [-0.25, -0.2) is 4.79 Å². The van der Waals surface area contributed by atoms with Crippen LogP contribution in [0.15, 0.2) is 99.6 Å². The van der Waals surface area contributed by atoms with Gasteiger partial charge in [0.25, 0.3) is 0 Å². The Morgan fingerprint density at radius 3 is 1.77 bits per heavy atom. The Kier molecular flexibility index (Phi) is 8.42. The Morgan fingerprint density at radius 1 is 0.742 bits per heavy atom. The van der Waals surface area contributed by atoms with Crippen molar-refractivity contribution < 1.29 is 18.8 Å². The van der Waals surface area contributed by atoms with Gasteiger partial charge in [-0.05, 0) is 65.3 Å². The van der Waals surface area contributed by atoms with Crippen molar-refractivity contribution in [3.8, 4) is 5.75 Å². The molecule has 3 rings (SSSR count). The fourth-order valence-electron chi connectivity index (χ4n) is 3.51. The van der Waals surface area contributed by atoms with Crippen molar-refractivity contribution >= 4 is 16.5 Å². The number of rotatable bonds is 11. The number of ether oxygens (including phenoxy) is 1. The number of carboxylic acid groups (broad SMARTS) is 1. The SMILES string of the molecule is CCCCCCCOc1ccc(S(OC(=O)O)(c2ccccc2)c2ccccc2)cc1. The molecule has 0 aliphatic carbocycles. The Balaban J connectivity index is 1.90. The van der Waals surface area contributed by atoms with Crippen LogP contribution in [0.3, 0.4) is 0 Å². The van der Waals surface area contributed by atoms with Crippen molar-refractivity contribution in [1.29, 1.82) is 0 Å². The Morgan fingerprint density at radius 2 is 1.26 bits per heavy atom. The van der Waals surface area contributed by atoms with Crippen LogP contribution < -0.4 is 4.74 Å². The van der Waals surface area contributed by atoms with E-state index in [2.05, 4.69) is 6.92 Å². The highest BCUT2D eigenvalue weighted by Crippen LogP contribution is 2.69. The van der Waals surface area contributed by atoms with Gasteiger partial charge >= 0.3 is 6.16 Å². The van der Waals surface area contributed by atoms with Gasteiger partial charge in [0.15, 0.2) is 0 Å². The molecule has 31 heavy (non-hydrogen) atoms. The van der Waals surface area contributed by atoms with Crippen LogP contribution in [0.1, 0.15) is 39.0 Å². The van der Waals surface area contributed by atoms with Gasteiger partial charge in [-0.1, -0.05) is 69.0 Å². The minimum absolute atomic E-state index is 0.685. The van der Waals surface area contributed by atoms with Crippen molar-refractivity contribution in [2.24, 2.45) is 0 Å². The standard InChI is InChI=1S/C26H30O4S/c1-2-3-4-5-12-21-29-22-17-19-25(20-18-22)31(30-26(27)28,23-13-8-6-9-14-23)24-15-10-7-11-16-24/h6-11,13-20H,2-5,12,21H2,1H3,(H,27,28).